The van der Waals surface area contributed by atoms with E-state index >= 15 is 0 Å². The Balaban J connectivity index is 2.44. The summed E-state index contributed by atoms with van der Waals surface area (Å²) in [6.45, 7) is 1.72. The first kappa shape index (κ1) is 12.4. The van der Waals surface area contributed by atoms with E-state index in [4.69, 9.17) is 15.2 Å². The van der Waals surface area contributed by atoms with Crippen molar-refractivity contribution < 1.29 is 19.1 Å². The Kier molecular flexibility index (Phi) is 3.47. The summed E-state index contributed by atoms with van der Waals surface area (Å²) in [7, 11) is 0. The smallest absolute Gasteiger partial charge is 0.308 e. The topological polar surface area (TPSA) is 90.6 Å². The van der Waals surface area contributed by atoms with Crippen molar-refractivity contribution in [2.75, 3.05) is 18.5 Å². The van der Waals surface area contributed by atoms with Crippen LogP contribution < -0.4 is 20.5 Å². The number of ether oxygens (including phenoxy) is 2. The number of amides is 1. The predicted octanol–water partition coefficient (Wildman–Crippen LogP) is 0.444. The van der Waals surface area contributed by atoms with Crippen LogP contribution in [0.15, 0.2) is 12.1 Å². The van der Waals surface area contributed by atoms with Crippen LogP contribution in [0.1, 0.15) is 12.5 Å². The first-order valence-electron chi connectivity index (χ1n) is 5.59. The highest BCUT2D eigenvalue weighted by molar-refractivity contribution is 5.98. The van der Waals surface area contributed by atoms with Crippen LogP contribution in [-0.4, -0.2) is 25.0 Å². The normalized spacial score (nSPS) is 13.3. The third kappa shape index (κ3) is 2.43. The van der Waals surface area contributed by atoms with Crippen molar-refractivity contribution >= 4 is 17.6 Å². The summed E-state index contributed by atoms with van der Waals surface area (Å²) in [5.74, 6) is 0.0783. The highest BCUT2D eigenvalue weighted by Gasteiger charge is 2.23. The van der Waals surface area contributed by atoms with Gasteiger partial charge in [0.05, 0.1) is 0 Å². The van der Waals surface area contributed by atoms with E-state index in [-0.39, 0.29) is 18.3 Å². The van der Waals surface area contributed by atoms with E-state index < -0.39 is 5.97 Å². The molecule has 3 N–H and O–H groups in total. The molecule has 1 amide bonds. The molecule has 6 nitrogen and oxygen atoms in total. The van der Waals surface area contributed by atoms with Crippen LogP contribution in [0.2, 0.25) is 0 Å². The third-order valence-electron chi connectivity index (χ3n) is 2.48. The van der Waals surface area contributed by atoms with Crippen LogP contribution in [-0.2, 0) is 16.0 Å². The number of esters is 1. The van der Waals surface area contributed by atoms with Crippen molar-refractivity contribution in [1.82, 2.24) is 0 Å². The van der Waals surface area contributed by atoms with Crippen LogP contribution in [0.3, 0.4) is 0 Å². The summed E-state index contributed by atoms with van der Waals surface area (Å²) in [4.78, 5) is 22.3. The average molecular weight is 250 g/mol. The molecular weight excluding hydrogens is 236 g/mol. The second-order valence-corrected chi connectivity index (χ2v) is 3.90. The summed E-state index contributed by atoms with van der Waals surface area (Å²) in [6, 6.07) is 3.40. The molecule has 1 aromatic rings. The molecule has 0 fully saturated rings. The van der Waals surface area contributed by atoms with Gasteiger partial charge in [-0.3, -0.25) is 9.59 Å². The molecule has 6 heteroatoms. The molecule has 1 aliphatic rings. The predicted molar refractivity (Wildman–Crippen MR) is 64.6 cm³/mol. The number of benzene rings is 1. The number of hydrogen-bond acceptors (Lipinski definition) is 5. The third-order valence-corrected chi connectivity index (χ3v) is 2.48. The highest BCUT2D eigenvalue weighted by Crippen LogP contribution is 2.40. The number of fused-ring (bicyclic) bond motifs is 1. The fourth-order valence-electron chi connectivity index (χ4n) is 1.80. The molecule has 1 aromatic carbocycles. The fourth-order valence-corrected chi connectivity index (χ4v) is 1.80. The maximum absolute atomic E-state index is 11.3. The molecule has 0 saturated carbocycles. The Morgan fingerprint density at radius 1 is 1.56 bits per heavy atom. The lowest BCUT2D eigenvalue weighted by Crippen LogP contribution is -2.27. The Morgan fingerprint density at radius 2 is 2.33 bits per heavy atom. The summed E-state index contributed by atoms with van der Waals surface area (Å²) in [5, 5.41) is 2.65. The van der Waals surface area contributed by atoms with Crippen LogP contribution in [0.5, 0.6) is 11.5 Å². The standard InChI is InChI=1S/C12H14N2O4/c1-7(15)18-9-3-2-8(4-5-13)12-11(9)14-10(16)6-17-12/h2-3H,4-6,13H2,1H3,(H,14,16). The van der Waals surface area contributed by atoms with Gasteiger partial charge in [0, 0.05) is 6.92 Å². The lowest BCUT2D eigenvalue weighted by atomic mass is 10.1. The molecule has 18 heavy (non-hydrogen) atoms. The second kappa shape index (κ2) is 5.05. The molecule has 1 heterocycles. The van der Waals surface area contributed by atoms with Gasteiger partial charge in [0.25, 0.3) is 5.91 Å². The molecule has 96 valence electrons. The molecule has 0 saturated heterocycles. The lowest BCUT2D eigenvalue weighted by molar-refractivity contribution is -0.132. The average Bonchev–Trinajstić information content (AvgIpc) is 2.32. The summed E-state index contributed by atoms with van der Waals surface area (Å²) >= 11 is 0. The molecular formula is C12H14N2O4. The first-order valence-corrected chi connectivity index (χ1v) is 5.59. The van der Waals surface area contributed by atoms with Crippen molar-refractivity contribution in [2.24, 2.45) is 5.73 Å². The Labute approximate surface area is 104 Å². The van der Waals surface area contributed by atoms with Gasteiger partial charge in [-0.25, -0.2) is 0 Å². The molecule has 2 rings (SSSR count). The van der Waals surface area contributed by atoms with Crippen LogP contribution >= 0.6 is 0 Å². The largest absolute Gasteiger partial charge is 0.481 e. The van der Waals surface area contributed by atoms with Gasteiger partial charge in [0.2, 0.25) is 0 Å². The summed E-state index contributed by atoms with van der Waals surface area (Å²) < 4.78 is 10.4. The molecule has 0 atom stereocenters. The quantitative estimate of drug-likeness (QED) is 0.600. The molecule has 0 aromatic heterocycles. The molecule has 0 bridgehead atoms. The zero-order valence-corrected chi connectivity index (χ0v) is 9.99. The van der Waals surface area contributed by atoms with Crippen molar-refractivity contribution in [2.45, 2.75) is 13.3 Å². The minimum absolute atomic E-state index is 0.0475. The number of anilines is 1. The second-order valence-electron chi connectivity index (χ2n) is 3.90. The molecule has 0 spiro atoms. The number of carbonyl (C=O) groups excluding carboxylic acids is 2. The SMILES string of the molecule is CC(=O)Oc1ccc(CCN)c2c1NC(=O)CO2. The number of rotatable bonds is 3. The van der Waals surface area contributed by atoms with Crippen molar-refractivity contribution in [3.05, 3.63) is 17.7 Å². The van der Waals surface area contributed by atoms with Crippen LogP contribution in [0, 0.1) is 0 Å². The van der Waals surface area contributed by atoms with Crippen molar-refractivity contribution in [3.63, 3.8) is 0 Å². The molecule has 0 unspecified atom stereocenters. The van der Waals surface area contributed by atoms with Crippen molar-refractivity contribution in [1.29, 1.82) is 0 Å². The van der Waals surface area contributed by atoms with Gasteiger partial charge in [-0.1, -0.05) is 6.07 Å². The summed E-state index contributed by atoms with van der Waals surface area (Å²) in [5.41, 5.74) is 6.79. The van der Waals surface area contributed by atoms with Gasteiger partial charge in [0.15, 0.2) is 18.1 Å². The maximum Gasteiger partial charge on any atom is 0.308 e. The van der Waals surface area contributed by atoms with Crippen molar-refractivity contribution in [3.8, 4) is 11.5 Å². The minimum Gasteiger partial charge on any atom is -0.481 e. The monoisotopic (exact) mass is 250 g/mol. The van der Waals surface area contributed by atoms with Crippen LogP contribution in [0.4, 0.5) is 5.69 Å². The number of nitrogens with two attached hydrogens (primary N) is 1. The van der Waals surface area contributed by atoms with Gasteiger partial charge in [-0.2, -0.15) is 0 Å². The van der Waals surface area contributed by atoms with E-state index in [1.54, 1.807) is 12.1 Å². The Bertz CT molecular complexity index is 499. The van der Waals surface area contributed by atoms with E-state index in [0.717, 1.165) is 5.56 Å². The van der Waals surface area contributed by atoms with Gasteiger partial charge >= 0.3 is 5.97 Å². The molecule has 0 radical (unpaired) electrons. The number of nitrogens with one attached hydrogen (secondary N) is 1. The van der Waals surface area contributed by atoms with Crippen LogP contribution in [0.25, 0.3) is 0 Å². The minimum atomic E-state index is -0.455. The van der Waals surface area contributed by atoms with Gasteiger partial charge in [-0.15, -0.1) is 0 Å². The Morgan fingerprint density at radius 3 is 3.00 bits per heavy atom. The first-order chi connectivity index (χ1) is 8.61. The lowest BCUT2D eigenvalue weighted by Gasteiger charge is -2.22. The molecule has 1 aliphatic heterocycles. The van der Waals surface area contributed by atoms with E-state index in [1.165, 1.54) is 6.92 Å². The van der Waals surface area contributed by atoms with E-state index in [1.807, 2.05) is 0 Å². The van der Waals surface area contributed by atoms with Gasteiger partial charge in [-0.05, 0) is 24.6 Å². The zero-order valence-electron chi connectivity index (χ0n) is 9.99. The van der Waals surface area contributed by atoms with E-state index in [2.05, 4.69) is 5.32 Å². The van der Waals surface area contributed by atoms with Gasteiger partial charge < -0.3 is 20.5 Å². The Hall–Kier alpha value is -2.08. The van der Waals surface area contributed by atoms with E-state index in [0.29, 0.717) is 24.4 Å². The summed E-state index contributed by atoms with van der Waals surface area (Å²) in [6.07, 6.45) is 0.624. The molecule has 0 aliphatic carbocycles. The number of carbonyl (C=O) groups is 2. The highest BCUT2D eigenvalue weighted by atomic mass is 16.5. The number of hydrogen-bond donors (Lipinski definition) is 2. The van der Waals surface area contributed by atoms with Gasteiger partial charge in [0.1, 0.15) is 5.69 Å². The fraction of sp³-hybridized carbons (Fsp3) is 0.333. The van der Waals surface area contributed by atoms with E-state index in [9.17, 15) is 9.59 Å². The zero-order chi connectivity index (χ0) is 13.1. The maximum atomic E-state index is 11.3.